The lowest BCUT2D eigenvalue weighted by atomic mass is 9.42. The van der Waals surface area contributed by atoms with Gasteiger partial charge in [0.25, 0.3) is 0 Å². The van der Waals surface area contributed by atoms with Crippen LogP contribution in [0.1, 0.15) is 77.2 Å². The summed E-state index contributed by atoms with van der Waals surface area (Å²) in [7, 11) is 1.43. The van der Waals surface area contributed by atoms with E-state index in [0.717, 1.165) is 63.4 Å². The molecule has 0 aromatic heterocycles. The number of carbonyl (C=O) groups is 1. The summed E-state index contributed by atoms with van der Waals surface area (Å²) in [6, 6.07) is 9.50. The summed E-state index contributed by atoms with van der Waals surface area (Å²) in [5.74, 6) is 0.686. The number of hydrogen-bond acceptors (Lipinski definition) is 7. The number of carbonyl (C=O) groups excluding carboxylic acids is 1. The minimum atomic E-state index is -0.827. The van der Waals surface area contributed by atoms with Crippen molar-refractivity contribution in [2.45, 2.75) is 101 Å². The first-order chi connectivity index (χ1) is 18.6. The van der Waals surface area contributed by atoms with Crippen LogP contribution in [-0.4, -0.2) is 60.9 Å². The van der Waals surface area contributed by atoms with Crippen molar-refractivity contribution in [2.24, 2.45) is 34.3 Å². The lowest BCUT2D eigenvalue weighted by molar-refractivity contribution is -0.253. The standard InChI is InChI=1S/C32H48N2O5/c1-28-13-14-30(36,21-34-26(27(35)37-3)19-22-7-5-4-6-8-22)20-23(28)9-10-25-24(28)11-12-29(2)31(25,33)15-16-32(29)38-17-18-39-32/h4-8,23-26,34,36H,9-21,33H2,1-3H3/t23?,24-,25+,26+,28-,29-,30+,31+/m0/s1. The van der Waals surface area contributed by atoms with E-state index in [9.17, 15) is 9.90 Å². The first-order valence-electron chi connectivity index (χ1n) is 15.2. The van der Waals surface area contributed by atoms with Crippen LogP contribution in [0.5, 0.6) is 0 Å². The summed E-state index contributed by atoms with van der Waals surface area (Å²) in [6.45, 7) is 6.57. The van der Waals surface area contributed by atoms with E-state index in [0.29, 0.717) is 43.9 Å². The van der Waals surface area contributed by atoms with Crippen LogP contribution in [0.25, 0.3) is 0 Å². The van der Waals surface area contributed by atoms with E-state index in [1.807, 2.05) is 30.3 Å². The van der Waals surface area contributed by atoms with E-state index in [1.54, 1.807) is 0 Å². The van der Waals surface area contributed by atoms with E-state index < -0.39 is 17.4 Å². The number of aliphatic hydroxyl groups is 1. The molecule has 1 aromatic rings. The number of methoxy groups -OCH3 is 1. The summed E-state index contributed by atoms with van der Waals surface area (Å²) < 4.78 is 17.7. The first kappa shape index (κ1) is 27.6. The van der Waals surface area contributed by atoms with Crippen LogP contribution in [0, 0.1) is 28.6 Å². The monoisotopic (exact) mass is 540 g/mol. The third kappa shape index (κ3) is 4.21. The highest BCUT2D eigenvalue weighted by atomic mass is 16.7. The van der Waals surface area contributed by atoms with Gasteiger partial charge in [-0.2, -0.15) is 0 Å². The van der Waals surface area contributed by atoms with Gasteiger partial charge in [0.05, 0.1) is 25.9 Å². The Labute approximate surface area is 233 Å². The van der Waals surface area contributed by atoms with Gasteiger partial charge < -0.3 is 30.4 Å². The van der Waals surface area contributed by atoms with Gasteiger partial charge in [0.1, 0.15) is 6.04 Å². The maximum atomic E-state index is 12.6. The second-order valence-electron chi connectivity index (χ2n) is 13.9. The summed E-state index contributed by atoms with van der Waals surface area (Å²) in [4.78, 5) is 12.6. The molecular weight excluding hydrogens is 492 g/mol. The minimum Gasteiger partial charge on any atom is -0.468 e. The fourth-order valence-corrected chi connectivity index (χ4v) is 9.97. The molecule has 4 aliphatic carbocycles. The van der Waals surface area contributed by atoms with E-state index in [-0.39, 0.29) is 22.3 Å². The lowest BCUT2D eigenvalue weighted by Gasteiger charge is -2.65. The Morgan fingerprint density at radius 1 is 1.05 bits per heavy atom. The predicted octanol–water partition coefficient (Wildman–Crippen LogP) is 3.96. The van der Waals surface area contributed by atoms with Crippen molar-refractivity contribution in [3.63, 3.8) is 0 Å². The second-order valence-corrected chi connectivity index (χ2v) is 13.9. The zero-order valence-electron chi connectivity index (χ0n) is 24.0. The van der Waals surface area contributed by atoms with Crippen molar-refractivity contribution in [3.8, 4) is 0 Å². The quantitative estimate of drug-likeness (QED) is 0.470. The number of ether oxygens (including phenoxy) is 3. The molecule has 0 radical (unpaired) electrons. The summed E-state index contributed by atoms with van der Waals surface area (Å²) in [5, 5.41) is 15.2. The molecule has 1 aliphatic heterocycles. The van der Waals surface area contributed by atoms with Crippen LogP contribution in [0.3, 0.4) is 0 Å². The van der Waals surface area contributed by atoms with Crippen LogP contribution in [-0.2, 0) is 25.4 Å². The number of benzene rings is 1. The van der Waals surface area contributed by atoms with Crippen LogP contribution in [0.2, 0.25) is 0 Å². The maximum Gasteiger partial charge on any atom is 0.323 e. The van der Waals surface area contributed by atoms with Gasteiger partial charge >= 0.3 is 5.97 Å². The van der Waals surface area contributed by atoms with E-state index in [2.05, 4.69) is 19.2 Å². The predicted molar refractivity (Wildman–Crippen MR) is 149 cm³/mol. The third-order valence-electron chi connectivity index (χ3n) is 12.4. The third-order valence-corrected chi connectivity index (χ3v) is 12.4. The SMILES string of the molecule is COC(=O)[C@@H](Cc1ccccc1)NC[C@@]1(O)CC[C@@]2(C)C(CC[C@@H]3[C@@H]2CC[C@]2(C)C4(CC[C@@]32N)OCCO4)C1. The summed E-state index contributed by atoms with van der Waals surface area (Å²) in [5.41, 5.74) is 7.46. The molecule has 1 spiro atoms. The molecule has 7 heteroatoms. The highest BCUT2D eigenvalue weighted by Crippen LogP contribution is 2.70. The van der Waals surface area contributed by atoms with Gasteiger partial charge in [-0.15, -0.1) is 0 Å². The molecule has 1 aromatic carbocycles. The van der Waals surface area contributed by atoms with Gasteiger partial charge in [-0.1, -0.05) is 44.2 Å². The minimum absolute atomic E-state index is 0.151. The average Bonchev–Trinajstić information content (AvgIpc) is 3.51. The second kappa shape index (κ2) is 9.80. The lowest BCUT2D eigenvalue weighted by Crippen LogP contribution is -2.69. The molecule has 0 bridgehead atoms. The Morgan fingerprint density at radius 2 is 1.79 bits per heavy atom. The van der Waals surface area contributed by atoms with Crippen molar-refractivity contribution in [1.82, 2.24) is 5.32 Å². The number of esters is 1. The van der Waals surface area contributed by atoms with Crippen LogP contribution in [0.15, 0.2) is 30.3 Å². The van der Waals surface area contributed by atoms with Gasteiger partial charge in [0.15, 0.2) is 5.79 Å². The normalized spacial score (nSPS) is 43.4. The van der Waals surface area contributed by atoms with Crippen molar-refractivity contribution in [3.05, 3.63) is 35.9 Å². The van der Waals surface area contributed by atoms with Crippen LogP contribution >= 0.6 is 0 Å². The molecule has 8 atom stereocenters. The van der Waals surface area contributed by atoms with E-state index in [1.165, 1.54) is 7.11 Å². The topological polar surface area (TPSA) is 103 Å². The molecule has 216 valence electrons. The molecule has 1 heterocycles. The van der Waals surface area contributed by atoms with E-state index >= 15 is 0 Å². The number of nitrogens with two attached hydrogens (primary N) is 1. The molecule has 4 saturated carbocycles. The van der Waals surface area contributed by atoms with Crippen molar-refractivity contribution >= 4 is 5.97 Å². The largest absolute Gasteiger partial charge is 0.468 e. The van der Waals surface area contributed by atoms with Gasteiger partial charge in [-0.05, 0) is 86.5 Å². The number of rotatable bonds is 6. The van der Waals surface area contributed by atoms with Crippen molar-refractivity contribution in [2.75, 3.05) is 26.9 Å². The number of hydrogen-bond donors (Lipinski definition) is 3. The van der Waals surface area contributed by atoms with Gasteiger partial charge in [-0.25, -0.2) is 0 Å². The van der Waals surface area contributed by atoms with Gasteiger partial charge in [0, 0.05) is 23.9 Å². The highest BCUT2D eigenvalue weighted by Gasteiger charge is 2.73. The van der Waals surface area contributed by atoms with E-state index in [4.69, 9.17) is 19.9 Å². The summed E-state index contributed by atoms with van der Waals surface area (Å²) >= 11 is 0. The Morgan fingerprint density at radius 3 is 2.51 bits per heavy atom. The zero-order valence-corrected chi connectivity index (χ0v) is 24.0. The Hall–Kier alpha value is -1.51. The maximum absolute atomic E-state index is 12.6. The molecule has 4 N–H and O–H groups in total. The first-order valence-corrected chi connectivity index (χ1v) is 15.2. The Bertz CT molecular complexity index is 1060. The van der Waals surface area contributed by atoms with Crippen molar-refractivity contribution < 1.29 is 24.1 Å². The van der Waals surface area contributed by atoms with Crippen LogP contribution < -0.4 is 11.1 Å². The molecule has 1 unspecified atom stereocenters. The molecule has 0 amide bonds. The Balaban J connectivity index is 1.15. The van der Waals surface area contributed by atoms with Gasteiger partial charge in [-0.3, -0.25) is 4.79 Å². The zero-order chi connectivity index (χ0) is 27.5. The smallest absolute Gasteiger partial charge is 0.323 e. The molecule has 6 rings (SSSR count). The molecule has 5 aliphatic rings. The fraction of sp³-hybridized carbons (Fsp3) is 0.781. The molecular formula is C32H48N2O5. The van der Waals surface area contributed by atoms with Crippen molar-refractivity contribution in [1.29, 1.82) is 0 Å². The number of nitrogens with one attached hydrogen (secondary N) is 1. The highest BCUT2D eigenvalue weighted by molar-refractivity contribution is 5.76. The van der Waals surface area contributed by atoms with Gasteiger partial charge in [0.2, 0.25) is 0 Å². The molecule has 1 saturated heterocycles. The number of fused-ring (bicyclic) bond motifs is 6. The molecule has 39 heavy (non-hydrogen) atoms. The molecule has 7 nitrogen and oxygen atoms in total. The van der Waals surface area contributed by atoms with Crippen LogP contribution in [0.4, 0.5) is 0 Å². The fourth-order valence-electron chi connectivity index (χ4n) is 9.97. The average molecular weight is 541 g/mol. The molecule has 5 fully saturated rings. The Kier molecular flexibility index (Phi) is 6.95. The summed E-state index contributed by atoms with van der Waals surface area (Å²) in [6.07, 6.45) is 9.30.